The second-order valence-corrected chi connectivity index (χ2v) is 17.8. The molecule has 0 bridgehead atoms. The van der Waals surface area contributed by atoms with Gasteiger partial charge in [0.2, 0.25) is 0 Å². The first-order chi connectivity index (χ1) is 31.7. The highest BCUT2D eigenvalue weighted by Crippen LogP contribution is 2.60. The van der Waals surface area contributed by atoms with Crippen molar-refractivity contribution in [2.45, 2.75) is 36.5 Å². The second kappa shape index (κ2) is 14.4. The molecule has 13 rings (SSSR count). The minimum Gasteiger partial charge on any atom is -0.464 e. The molecule has 0 aliphatic heterocycles. The summed E-state index contributed by atoms with van der Waals surface area (Å²) in [6.07, 6.45) is 6.63. The summed E-state index contributed by atoms with van der Waals surface area (Å²) in [7, 11) is 0. The van der Waals surface area contributed by atoms with Gasteiger partial charge in [-0.1, -0.05) is 176 Å². The van der Waals surface area contributed by atoms with E-state index in [0.717, 1.165) is 40.9 Å². The van der Waals surface area contributed by atoms with Crippen molar-refractivity contribution in [1.29, 1.82) is 0 Å². The SMILES string of the molecule is c1ccc(C2(c3ccc4c(c3)CCCC4)c3ccccc3-c3cc(N(c4ccc5c(c4)C(c4ccccc4)(c4ccccc4)c4ccccc4-5)c4cccc5occc45)ccc32)cc1. The molecule has 64 heavy (non-hydrogen) atoms. The minimum atomic E-state index is -0.529. The zero-order valence-electron chi connectivity index (χ0n) is 35.5. The number of nitrogens with zero attached hydrogens (tertiary/aromatic N) is 1. The van der Waals surface area contributed by atoms with Crippen molar-refractivity contribution in [3.63, 3.8) is 0 Å². The normalized spacial score (nSPS) is 16.4. The van der Waals surface area contributed by atoms with Gasteiger partial charge in [0, 0.05) is 16.8 Å². The molecule has 1 unspecified atom stereocenters. The zero-order valence-corrected chi connectivity index (χ0v) is 35.5. The fourth-order valence-corrected chi connectivity index (χ4v) is 12.0. The van der Waals surface area contributed by atoms with Crippen molar-refractivity contribution in [3.8, 4) is 22.3 Å². The molecule has 1 aromatic heterocycles. The first kappa shape index (κ1) is 36.9. The Balaban J connectivity index is 1.07. The molecule has 0 N–H and O–H groups in total. The molecule has 0 radical (unpaired) electrons. The highest BCUT2D eigenvalue weighted by molar-refractivity contribution is 5.99. The van der Waals surface area contributed by atoms with Crippen LogP contribution in [0.15, 0.2) is 229 Å². The molecule has 2 heteroatoms. The maximum Gasteiger partial charge on any atom is 0.135 e. The number of fused-ring (bicyclic) bond motifs is 8. The molecule has 0 saturated carbocycles. The van der Waals surface area contributed by atoms with E-state index in [0.29, 0.717) is 0 Å². The Bertz CT molecular complexity index is 3360. The van der Waals surface area contributed by atoms with Gasteiger partial charge in [-0.2, -0.15) is 0 Å². The smallest absolute Gasteiger partial charge is 0.135 e. The minimum absolute atomic E-state index is 0.474. The summed E-state index contributed by atoms with van der Waals surface area (Å²) >= 11 is 0. The van der Waals surface area contributed by atoms with Gasteiger partial charge in [-0.15, -0.1) is 0 Å². The van der Waals surface area contributed by atoms with E-state index in [2.05, 4.69) is 223 Å². The van der Waals surface area contributed by atoms with Crippen LogP contribution in [0.1, 0.15) is 68.5 Å². The van der Waals surface area contributed by atoms with Crippen LogP contribution in [-0.4, -0.2) is 0 Å². The summed E-state index contributed by atoms with van der Waals surface area (Å²) in [6.45, 7) is 0. The van der Waals surface area contributed by atoms with Crippen LogP contribution in [0, 0.1) is 0 Å². The first-order valence-electron chi connectivity index (χ1n) is 22.8. The Morgan fingerprint density at radius 1 is 0.359 bits per heavy atom. The molecule has 1 heterocycles. The summed E-state index contributed by atoms with van der Waals surface area (Å²) in [5, 5.41) is 1.07. The highest BCUT2D eigenvalue weighted by Gasteiger charge is 2.48. The monoisotopic (exact) mass is 819 g/mol. The highest BCUT2D eigenvalue weighted by atomic mass is 16.3. The lowest BCUT2D eigenvalue weighted by Gasteiger charge is -2.35. The fraction of sp³-hybridized carbons (Fsp3) is 0.0968. The Labute approximate surface area is 374 Å². The zero-order chi connectivity index (χ0) is 42.2. The Morgan fingerprint density at radius 3 is 1.59 bits per heavy atom. The van der Waals surface area contributed by atoms with Gasteiger partial charge in [-0.05, 0) is 146 Å². The molecule has 0 fully saturated rings. The number of rotatable bonds is 7. The lowest BCUT2D eigenvalue weighted by Crippen LogP contribution is -2.29. The van der Waals surface area contributed by atoms with Crippen molar-refractivity contribution in [3.05, 3.63) is 280 Å². The van der Waals surface area contributed by atoms with Crippen LogP contribution in [0.25, 0.3) is 33.2 Å². The van der Waals surface area contributed by atoms with Crippen LogP contribution in [0.4, 0.5) is 17.1 Å². The van der Waals surface area contributed by atoms with Gasteiger partial charge < -0.3 is 9.32 Å². The molecule has 3 aliphatic rings. The van der Waals surface area contributed by atoms with Gasteiger partial charge in [-0.25, -0.2) is 0 Å². The average Bonchev–Trinajstić information content (AvgIpc) is 4.06. The van der Waals surface area contributed by atoms with E-state index in [1.807, 2.05) is 6.26 Å². The number of furan rings is 1. The van der Waals surface area contributed by atoms with Crippen molar-refractivity contribution in [2.75, 3.05) is 4.90 Å². The summed E-state index contributed by atoms with van der Waals surface area (Å²) in [5.41, 5.74) is 21.5. The molecular formula is C62H45NO. The van der Waals surface area contributed by atoms with E-state index in [1.165, 1.54) is 90.7 Å². The molecular weight excluding hydrogens is 775 g/mol. The molecule has 1 atom stereocenters. The van der Waals surface area contributed by atoms with Gasteiger partial charge in [0.1, 0.15) is 5.58 Å². The summed E-state index contributed by atoms with van der Waals surface area (Å²) in [5.74, 6) is 0. The van der Waals surface area contributed by atoms with Crippen molar-refractivity contribution >= 4 is 28.0 Å². The maximum absolute atomic E-state index is 6.10. The van der Waals surface area contributed by atoms with E-state index in [-0.39, 0.29) is 0 Å². The molecule has 3 aliphatic carbocycles. The van der Waals surface area contributed by atoms with Crippen LogP contribution in [-0.2, 0) is 23.7 Å². The molecule has 0 spiro atoms. The van der Waals surface area contributed by atoms with Crippen LogP contribution in [0.5, 0.6) is 0 Å². The van der Waals surface area contributed by atoms with Gasteiger partial charge in [0.05, 0.1) is 22.8 Å². The number of hydrogen-bond acceptors (Lipinski definition) is 2. The number of aryl methyl sites for hydroxylation is 2. The third kappa shape index (κ3) is 5.20. The Kier molecular flexibility index (Phi) is 8.33. The van der Waals surface area contributed by atoms with Crippen LogP contribution in [0.3, 0.4) is 0 Å². The topological polar surface area (TPSA) is 16.4 Å². The predicted octanol–water partition coefficient (Wildman–Crippen LogP) is 15.5. The molecule has 9 aromatic carbocycles. The lowest BCUT2D eigenvalue weighted by molar-refractivity contribution is 0.616. The van der Waals surface area contributed by atoms with E-state index >= 15 is 0 Å². The quantitative estimate of drug-likeness (QED) is 0.159. The molecule has 304 valence electrons. The van der Waals surface area contributed by atoms with Gasteiger partial charge in [0.15, 0.2) is 0 Å². The van der Waals surface area contributed by atoms with E-state index in [9.17, 15) is 0 Å². The largest absolute Gasteiger partial charge is 0.464 e. The predicted molar refractivity (Wildman–Crippen MR) is 262 cm³/mol. The third-order valence-corrected chi connectivity index (χ3v) is 14.7. The maximum atomic E-state index is 6.10. The van der Waals surface area contributed by atoms with Gasteiger partial charge >= 0.3 is 0 Å². The van der Waals surface area contributed by atoms with Crippen molar-refractivity contribution < 1.29 is 4.42 Å². The molecule has 2 nitrogen and oxygen atoms in total. The van der Waals surface area contributed by atoms with E-state index in [1.54, 1.807) is 0 Å². The molecule has 0 amide bonds. The van der Waals surface area contributed by atoms with Crippen LogP contribution in [0.2, 0.25) is 0 Å². The van der Waals surface area contributed by atoms with Gasteiger partial charge in [-0.3, -0.25) is 0 Å². The Hall–Kier alpha value is -7.68. The first-order valence-corrected chi connectivity index (χ1v) is 22.8. The van der Waals surface area contributed by atoms with Crippen LogP contribution >= 0.6 is 0 Å². The fourth-order valence-electron chi connectivity index (χ4n) is 12.0. The second-order valence-electron chi connectivity index (χ2n) is 17.8. The molecule has 0 saturated heterocycles. The van der Waals surface area contributed by atoms with E-state index in [4.69, 9.17) is 4.42 Å². The number of anilines is 3. The van der Waals surface area contributed by atoms with E-state index < -0.39 is 10.8 Å². The third-order valence-electron chi connectivity index (χ3n) is 14.7. The average molecular weight is 820 g/mol. The number of hydrogen-bond donors (Lipinski definition) is 0. The van der Waals surface area contributed by atoms with Crippen molar-refractivity contribution in [1.82, 2.24) is 0 Å². The summed E-state index contributed by atoms with van der Waals surface area (Å²) in [6, 6.07) is 81.9. The summed E-state index contributed by atoms with van der Waals surface area (Å²) < 4.78 is 6.10. The number of benzene rings is 9. The standard InChI is InChI=1S/C62H45NO/c1-4-19-44(20-5-1)61(45-21-6-2-7-22-45)55-27-14-12-25-50(55)52-35-33-49(41-58(52)61)63(59-29-16-30-60-53(59)37-38-64-60)48-34-36-57-54(40-48)51-26-13-15-28-56(51)62(57,46-23-8-3-9-24-46)47-32-31-42-17-10-11-18-43(42)39-47/h1-9,12-16,19-41H,10-11,17-18H2. The van der Waals surface area contributed by atoms with Crippen molar-refractivity contribution in [2.24, 2.45) is 0 Å². The lowest BCUT2D eigenvalue weighted by atomic mass is 9.67. The van der Waals surface area contributed by atoms with Crippen LogP contribution < -0.4 is 4.90 Å². The molecule has 10 aromatic rings. The van der Waals surface area contributed by atoms with Gasteiger partial charge in [0.25, 0.3) is 0 Å². The Morgan fingerprint density at radius 2 is 0.906 bits per heavy atom. The summed E-state index contributed by atoms with van der Waals surface area (Å²) in [4.78, 5) is 2.46.